The van der Waals surface area contributed by atoms with Gasteiger partial charge in [-0.1, -0.05) is 0 Å². The number of rotatable bonds is 4. The maximum absolute atomic E-state index is 12.1. The summed E-state index contributed by atoms with van der Waals surface area (Å²) in [5, 5.41) is 21.9. The van der Waals surface area contributed by atoms with Crippen molar-refractivity contribution in [2.45, 2.75) is 26.7 Å². The van der Waals surface area contributed by atoms with Crippen LogP contribution in [0.5, 0.6) is 0 Å². The summed E-state index contributed by atoms with van der Waals surface area (Å²) >= 11 is 1.45. The lowest BCUT2D eigenvalue weighted by Crippen LogP contribution is -2.41. The molecule has 1 atom stereocenters. The molecular weight excluding hydrogens is 286 g/mol. The molecule has 5 nitrogen and oxygen atoms in total. The van der Waals surface area contributed by atoms with Gasteiger partial charge in [0.1, 0.15) is 11.1 Å². The number of carbonyl (C=O) groups is 1. The average Bonchev–Trinajstić information content (AvgIpc) is 2.73. The quantitative estimate of drug-likeness (QED) is 0.890. The molecule has 1 aromatic heterocycles. The zero-order chi connectivity index (χ0) is 15.4. The number of nitriles is 1. The van der Waals surface area contributed by atoms with E-state index in [1.807, 2.05) is 13.8 Å². The van der Waals surface area contributed by atoms with Gasteiger partial charge in [0.2, 0.25) is 5.91 Å². The molecule has 2 rings (SSSR count). The van der Waals surface area contributed by atoms with Crippen molar-refractivity contribution in [3.63, 3.8) is 0 Å². The van der Waals surface area contributed by atoms with Crippen LogP contribution in [-0.2, 0) is 4.79 Å². The number of thiophene rings is 1. The van der Waals surface area contributed by atoms with E-state index in [-0.39, 0.29) is 18.4 Å². The highest BCUT2D eigenvalue weighted by atomic mass is 32.1. The maximum atomic E-state index is 12.1. The van der Waals surface area contributed by atoms with Crippen LogP contribution >= 0.6 is 11.3 Å². The van der Waals surface area contributed by atoms with Gasteiger partial charge in [0.15, 0.2) is 0 Å². The molecule has 2 N–H and O–H groups in total. The van der Waals surface area contributed by atoms with Gasteiger partial charge in [0.25, 0.3) is 0 Å². The minimum Gasteiger partial charge on any atom is -0.396 e. The molecule has 1 aromatic rings. The van der Waals surface area contributed by atoms with Crippen LogP contribution in [0.4, 0.5) is 5.00 Å². The minimum absolute atomic E-state index is 0.0914. The summed E-state index contributed by atoms with van der Waals surface area (Å²) in [7, 11) is 0. The van der Waals surface area contributed by atoms with Crippen LogP contribution in [-0.4, -0.2) is 42.2 Å². The third-order valence-corrected chi connectivity index (χ3v) is 5.10. The van der Waals surface area contributed by atoms with Crippen LogP contribution in [0.25, 0.3) is 0 Å². The van der Waals surface area contributed by atoms with Crippen molar-refractivity contribution in [1.29, 1.82) is 5.26 Å². The molecular formula is C15H21N3O2S. The molecule has 1 fully saturated rings. The SMILES string of the molecule is Cc1sc(NC(=O)CN2CCCC(CO)C2)c(C#N)c1C. The van der Waals surface area contributed by atoms with Crippen molar-refractivity contribution in [1.82, 2.24) is 4.90 Å². The summed E-state index contributed by atoms with van der Waals surface area (Å²) in [6.07, 6.45) is 2.04. The molecule has 0 radical (unpaired) electrons. The van der Waals surface area contributed by atoms with Gasteiger partial charge in [-0.25, -0.2) is 0 Å². The van der Waals surface area contributed by atoms with Gasteiger partial charge in [0, 0.05) is 18.0 Å². The second kappa shape index (κ2) is 7.03. The largest absolute Gasteiger partial charge is 0.396 e. The molecule has 2 heterocycles. The lowest BCUT2D eigenvalue weighted by Gasteiger charge is -2.31. The number of aryl methyl sites for hydroxylation is 1. The van der Waals surface area contributed by atoms with Crippen molar-refractivity contribution < 1.29 is 9.90 Å². The number of hydrogen-bond acceptors (Lipinski definition) is 5. The average molecular weight is 307 g/mol. The molecule has 0 aromatic carbocycles. The Balaban J connectivity index is 1.96. The Morgan fingerprint density at radius 3 is 3.00 bits per heavy atom. The number of aliphatic hydroxyl groups is 1. The third-order valence-electron chi connectivity index (χ3n) is 3.98. The minimum atomic E-state index is -0.0914. The molecule has 114 valence electrons. The highest BCUT2D eigenvalue weighted by molar-refractivity contribution is 7.16. The van der Waals surface area contributed by atoms with Crippen LogP contribution in [0.3, 0.4) is 0 Å². The highest BCUT2D eigenvalue weighted by Gasteiger charge is 2.22. The van der Waals surface area contributed by atoms with Crippen molar-refractivity contribution >= 4 is 22.2 Å². The van der Waals surface area contributed by atoms with Crippen LogP contribution in [0, 0.1) is 31.1 Å². The molecule has 21 heavy (non-hydrogen) atoms. The fourth-order valence-corrected chi connectivity index (χ4v) is 3.69. The Morgan fingerprint density at radius 2 is 2.33 bits per heavy atom. The predicted molar refractivity (Wildman–Crippen MR) is 83.4 cm³/mol. The fraction of sp³-hybridized carbons (Fsp3) is 0.600. The number of likely N-dealkylation sites (tertiary alicyclic amines) is 1. The molecule has 0 aliphatic carbocycles. The lowest BCUT2D eigenvalue weighted by atomic mass is 9.99. The molecule has 0 saturated carbocycles. The monoisotopic (exact) mass is 307 g/mol. The van der Waals surface area contributed by atoms with Crippen LogP contribution in [0.2, 0.25) is 0 Å². The Kier molecular flexibility index (Phi) is 5.34. The molecule has 1 unspecified atom stereocenters. The smallest absolute Gasteiger partial charge is 0.239 e. The number of carbonyl (C=O) groups excluding carboxylic acids is 1. The summed E-state index contributed by atoms with van der Waals surface area (Å²) in [6, 6.07) is 2.16. The number of nitrogens with one attached hydrogen (secondary N) is 1. The van der Waals surface area contributed by atoms with Crippen molar-refractivity contribution in [2.24, 2.45) is 5.92 Å². The Morgan fingerprint density at radius 1 is 1.57 bits per heavy atom. The van der Waals surface area contributed by atoms with Crippen LogP contribution in [0.1, 0.15) is 28.8 Å². The molecule has 1 aliphatic rings. The zero-order valence-electron chi connectivity index (χ0n) is 12.5. The molecule has 0 bridgehead atoms. The third kappa shape index (κ3) is 3.82. The zero-order valence-corrected chi connectivity index (χ0v) is 13.3. The van der Waals surface area contributed by atoms with Gasteiger partial charge in [-0.3, -0.25) is 9.69 Å². The van der Waals surface area contributed by atoms with Gasteiger partial charge in [0.05, 0.1) is 12.1 Å². The van der Waals surface area contributed by atoms with E-state index < -0.39 is 0 Å². The van der Waals surface area contributed by atoms with Crippen LogP contribution in [0.15, 0.2) is 0 Å². The second-order valence-corrected chi connectivity index (χ2v) is 6.80. The molecule has 1 saturated heterocycles. The number of piperidine rings is 1. The van der Waals surface area contributed by atoms with Gasteiger partial charge in [-0.05, 0) is 44.7 Å². The summed E-state index contributed by atoms with van der Waals surface area (Å²) in [6.45, 7) is 6.00. The number of amides is 1. The number of hydrogen-bond donors (Lipinski definition) is 2. The van der Waals surface area contributed by atoms with E-state index in [0.717, 1.165) is 36.4 Å². The topological polar surface area (TPSA) is 76.4 Å². The van der Waals surface area contributed by atoms with E-state index >= 15 is 0 Å². The normalized spacial score (nSPS) is 19.2. The predicted octanol–water partition coefficient (Wildman–Crippen LogP) is 1.88. The fourth-order valence-electron chi connectivity index (χ4n) is 2.66. The van der Waals surface area contributed by atoms with Crippen molar-refractivity contribution in [2.75, 3.05) is 31.6 Å². The van der Waals surface area contributed by atoms with Crippen molar-refractivity contribution in [3.8, 4) is 6.07 Å². The van der Waals surface area contributed by atoms with E-state index in [0.29, 0.717) is 17.1 Å². The lowest BCUT2D eigenvalue weighted by molar-refractivity contribution is -0.117. The summed E-state index contributed by atoms with van der Waals surface area (Å²) in [5.74, 6) is 0.179. The molecule has 6 heteroatoms. The summed E-state index contributed by atoms with van der Waals surface area (Å²) in [5.41, 5.74) is 1.51. The van der Waals surface area contributed by atoms with E-state index in [1.54, 1.807) is 0 Å². The van der Waals surface area contributed by atoms with E-state index in [1.165, 1.54) is 11.3 Å². The first-order valence-electron chi connectivity index (χ1n) is 7.18. The summed E-state index contributed by atoms with van der Waals surface area (Å²) in [4.78, 5) is 15.3. The van der Waals surface area contributed by atoms with Gasteiger partial charge >= 0.3 is 0 Å². The standard InChI is InChI=1S/C15H21N3O2S/c1-10-11(2)21-15(13(10)6-16)17-14(20)8-18-5-3-4-12(7-18)9-19/h12,19H,3-5,7-9H2,1-2H3,(H,17,20). The first-order chi connectivity index (χ1) is 10.0. The van der Waals surface area contributed by atoms with Crippen LogP contribution < -0.4 is 5.32 Å². The van der Waals surface area contributed by atoms with Gasteiger partial charge < -0.3 is 10.4 Å². The van der Waals surface area contributed by atoms with E-state index in [4.69, 9.17) is 0 Å². The first kappa shape index (κ1) is 16.0. The number of anilines is 1. The molecule has 1 amide bonds. The first-order valence-corrected chi connectivity index (χ1v) is 8.00. The van der Waals surface area contributed by atoms with Gasteiger partial charge in [-0.2, -0.15) is 5.26 Å². The second-order valence-electron chi connectivity index (χ2n) is 5.57. The Labute approximate surface area is 129 Å². The summed E-state index contributed by atoms with van der Waals surface area (Å²) < 4.78 is 0. The number of nitrogens with zero attached hydrogens (tertiary/aromatic N) is 2. The van der Waals surface area contributed by atoms with E-state index in [9.17, 15) is 15.2 Å². The molecule has 0 spiro atoms. The maximum Gasteiger partial charge on any atom is 0.239 e. The Bertz CT molecular complexity index is 562. The number of aliphatic hydroxyl groups excluding tert-OH is 1. The molecule has 1 aliphatic heterocycles. The van der Waals surface area contributed by atoms with Crippen molar-refractivity contribution in [3.05, 3.63) is 16.0 Å². The van der Waals surface area contributed by atoms with Gasteiger partial charge in [-0.15, -0.1) is 11.3 Å². The highest BCUT2D eigenvalue weighted by Crippen LogP contribution is 2.31. The van der Waals surface area contributed by atoms with E-state index in [2.05, 4.69) is 16.3 Å². The Hall–Kier alpha value is -1.42.